The smallest absolute Gasteiger partial charge is 0.337 e. The summed E-state index contributed by atoms with van der Waals surface area (Å²) in [4.78, 5) is 59.1. The van der Waals surface area contributed by atoms with Crippen molar-refractivity contribution in [2.45, 2.75) is 6.54 Å². The van der Waals surface area contributed by atoms with Crippen molar-refractivity contribution in [1.82, 2.24) is 9.55 Å². The highest BCUT2D eigenvalue weighted by Crippen LogP contribution is 2.10. The van der Waals surface area contributed by atoms with Gasteiger partial charge in [-0.2, -0.15) is 0 Å². The number of methoxy groups -OCH3 is 1. The van der Waals surface area contributed by atoms with E-state index in [4.69, 9.17) is 4.74 Å². The van der Waals surface area contributed by atoms with Crippen molar-refractivity contribution in [2.75, 3.05) is 19.0 Å². The molecule has 0 radical (unpaired) electrons. The van der Waals surface area contributed by atoms with E-state index in [1.54, 1.807) is 0 Å². The molecule has 0 fully saturated rings. The molecule has 2 N–H and O–H groups in total. The first-order valence-electron chi connectivity index (χ1n) is 7.32. The molecule has 0 saturated heterocycles. The number of rotatable bonds is 6. The highest BCUT2D eigenvalue weighted by atomic mass is 16.5. The molecule has 2 aromatic rings. The molecular formula is C16H15N3O7. The van der Waals surface area contributed by atoms with Gasteiger partial charge in [0.05, 0.1) is 12.7 Å². The normalized spacial score (nSPS) is 10.0. The summed E-state index contributed by atoms with van der Waals surface area (Å²) < 4.78 is 10.3. The largest absolute Gasteiger partial charge is 0.465 e. The number of carbonyl (C=O) groups excluding carboxylic acids is 3. The van der Waals surface area contributed by atoms with Gasteiger partial charge in [-0.15, -0.1) is 0 Å². The number of anilines is 1. The number of ether oxygens (including phenoxy) is 2. The molecule has 1 aromatic heterocycles. The molecule has 0 unspecified atom stereocenters. The maximum Gasteiger partial charge on any atom is 0.337 e. The third-order valence-electron chi connectivity index (χ3n) is 3.15. The number of amides is 1. The van der Waals surface area contributed by atoms with Crippen molar-refractivity contribution in [2.24, 2.45) is 0 Å². The number of hydrogen-bond acceptors (Lipinski definition) is 7. The van der Waals surface area contributed by atoms with E-state index in [1.165, 1.54) is 31.4 Å². The predicted octanol–water partition coefficient (Wildman–Crippen LogP) is -0.495. The minimum absolute atomic E-state index is 0.322. The van der Waals surface area contributed by atoms with E-state index < -0.39 is 42.2 Å². The van der Waals surface area contributed by atoms with Gasteiger partial charge in [0.2, 0.25) is 0 Å². The summed E-state index contributed by atoms with van der Waals surface area (Å²) in [6.07, 6.45) is 1.14. The van der Waals surface area contributed by atoms with Crippen LogP contribution in [0.15, 0.2) is 46.1 Å². The second kappa shape index (κ2) is 8.42. The highest BCUT2D eigenvalue weighted by Gasteiger charge is 2.10. The maximum absolute atomic E-state index is 11.8. The van der Waals surface area contributed by atoms with Gasteiger partial charge in [-0.3, -0.25) is 23.9 Å². The molecule has 0 saturated carbocycles. The molecule has 0 bridgehead atoms. The van der Waals surface area contributed by atoms with Crippen molar-refractivity contribution in [3.8, 4) is 0 Å². The molecule has 10 heteroatoms. The number of esters is 2. The van der Waals surface area contributed by atoms with Crippen molar-refractivity contribution >= 4 is 23.5 Å². The fourth-order valence-electron chi connectivity index (χ4n) is 1.90. The predicted molar refractivity (Wildman–Crippen MR) is 88.7 cm³/mol. The fraction of sp³-hybridized carbons (Fsp3) is 0.188. The lowest BCUT2D eigenvalue weighted by Gasteiger charge is -2.08. The van der Waals surface area contributed by atoms with Crippen LogP contribution in [0.2, 0.25) is 0 Å². The first-order chi connectivity index (χ1) is 12.4. The number of benzene rings is 1. The summed E-state index contributed by atoms with van der Waals surface area (Å²) in [5, 5.41) is 2.48. The molecule has 0 aliphatic heterocycles. The molecule has 1 aromatic carbocycles. The summed E-state index contributed by atoms with van der Waals surface area (Å²) in [5.74, 6) is -1.93. The summed E-state index contributed by atoms with van der Waals surface area (Å²) in [7, 11) is 1.26. The van der Waals surface area contributed by atoms with E-state index in [9.17, 15) is 24.0 Å². The van der Waals surface area contributed by atoms with Crippen molar-refractivity contribution in [3.63, 3.8) is 0 Å². The lowest BCUT2D eigenvalue weighted by atomic mass is 10.2. The Hall–Kier alpha value is -3.69. The number of nitrogens with zero attached hydrogens (tertiary/aromatic N) is 1. The minimum atomic E-state index is -0.824. The summed E-state index contributed by atoms with van der Waals surface area (Å²) in [6, 6.07) is 7.00. The number of H-pyrrole nitrogens is 1. The Morgan fingerprint density at radius 2 is 1.81 bits per heavy atom. The van der Waals surface area contributed by atoms with Crippen molar-refractivity contribution in [3.05, 3.63) is 62.9 Å². The van der Waals surface area contributed by atoms with Crippen LogP contribution in [0.1, 0.15) is 10.4 Å². The van der Waals surface area contributed by atoms with Crippen LogP contribution in [-0.2, 0) is 25.6 Å². The molecular weight excluding hydrogens is 346 g/mol. The van der Waals surface area contributed by atoms with Crippen LogP contribution in [0, 0.1) is 0 Å². The van der Waals surface area contributed by atoms with Crippen LogP contribution in [0.4, 0.5) is 5.69 Å². The molecule has 0 aliphatic carbocycles. The van der Waals surface area contributed by atoms with Gasteiger partial charge in [0, 0.05) is 18.0 Å². The van der Waals surface area contributed by atoms with Gasteiger partial charge >= 0.3 is 17.6 Å². The zero-order chi connectivity index (χ0) is 19.1. The Morgan fingerprint density at radius 1 is 1.12 bits per heavy atom. The Labute approximate surface area is 146 Å². The molecule has 0 atom stereocenters. The SMILES string of the molecule is COC(=O)c1ccc(NC(=O)COC(=O)Cn2ccc(=O)[nH]c2=O)cc1. The standard InChI is InChI=1S/C16H15N3O7/c1-25-15(23)10-2-4-11(5-3-10)17-13(21)9-26-14(22)8-19-7-6-12(20)18-16(19)24/h2-7H,8-9H2,1H3,(H,17,21)(H,18,20,24). The summed E-state index contributed by atoms with van der Waals surface area (Å²) >= 11 is 0. The minimum Gasteiger partial charge on any atom is -0.465 e. The van der Waals surface area contributed by atoms with Crippen LogP contribution in [0.5, 0.6) is 0 Å². The van der Waals surface area contributed by atoms with Crippen LogP contribution in [-0.4, -0.2) is 41.1 Å². The number of nitrogens with one attached hydrogen (secondary N) is 2. The summed E-state index contributed by atoms with van der Waals surface area (Å²) in [5.41, 5.74) is -0.624. The van der Waals surface area contributed by atoms with Gasteiger partial charge in [-0.25, -0.2) is 9.59 Å². The second-order valence-electron chi connectivity index (χ2n) is 5.02. The Morgan fingerprint density at radius 3 is 2.42 bits per heavy atom. The summed E-state index contributed by atoms with van der Waals surface area (Å²) in [6.45, 7) is -1.01. The molecule has 0 spiro atoms. The number of hydrogen-bond donors (Lipinski definition) is 2. The third kappa shape index (κ3) is 5.16. The van der Waals surface area contributed by atoms with E-state index in [2.05, 4.69) is 10.1 Å². The first-order valence-corrected chi connectivity index (χ1v) is 7.32. The molecule has 1 amide bonds. The Balaban J connectivity index is 1.84. The Kier molecular flexibility index (Phi) is 6.04. The molecule has 10 nitrogen and oxygen atoms in total. The van der Waals surface area contributed by atoms with Gasteiger partial charge in [0.1, 0.15) is 6.54 Å². The quantitative estimate of drug-likeness (QED) is 0.662. The molecule has 26 heavy (non-hydrogen) atoms. The van der Waals surface area contributed by atoms with Gasteiger partial charge in [-0.05, 0) is 24.3 Å². The zero-order valence-corrected chi connectivity index (χ0v) is 13.7. The number of aromatic amines is 1. The topological polar surface area (TPSA) is 137 Å². The van der Waals surface area contributed by atoms with Gasteiger partial charge < -0.3 is 14.8 Å². The van der Waals surface area contributed by atoms with Gasteiger partial charge in [0.25, 0.3) is 11.5 Å². The number of aromatic nitrogens is 2. The molecule has 136 valence electrons. The van der Waals surface area contributed by atoms with Crippen LogP contribution >= 0.6 is 0 Å². The third-order valence-corrected chi connectivity index (χ3v) is 3.15. The average molecular weight is 361 g/mol. The first kappa shape index (κ1) is 18.6. The zero-order valence-electron chi connectivity index (χ0n) is 13.7. The van der Waals surface area contributed by atoms with Crippen LogP contribution < -0.4 is 16.6 Å². The van der Waals surface area contributed by atoms with Crippen molar-refractivity contribution < 1.29 is 23.9 Å². The van der Waals surface area contributed by atoms with Crippen molar-refractivity contribution in [1.29, 1.82) is 0 Å². The average Bonchev–Trinajstić information content (AvgIpc) is 2.62. The van der Waals surface area contributed by atoms with Gasteiger partial charge in [0.15, 0.2) is 6.61 Å². The van der Waals surface area contributed by atoms with E-state index in [0.29, 0.717) is 11.3 Å². The lowest BCUT2D eigenvalue weighted by molar-refractivity contribution is -0.148. The molecule has 1 heterocycles. The highest BCUT2D eigenvalue weighted by molar-refractivity contribution is 5.94. The maximum atomic E-state index is 11.8. The Bertz CT molecular complexity index is 928. The lowest BCUT2D eigenvalue weighted by Crippen LogP contribution is -2.32. The van der Waals surface area contributed by atoms with E-state index in [0.717, 1.165) is 16.8 Å². The van der Waals surface area contributed by atoms with E-state index >= 15 is 0 Å². The van der Waals surface area contributed by atoms with Crippen LogP contribution in [0.25, 0.3) is 0 Å². The van der Waals surface area contributed by atoms with Crippen LogP contribution in [0.3, 0.4) is 0 Å². The van der Waals surface area contributed by atoms with Gasteiger partial charge in [-0.1, -0.05) is 0 Å². The fourth-order valence-corrected chi connectivity index (χ4v) is 1.90. The number of carbonyl (C=O) groups is 3. The monoisotopic (exact) mass is 361 g/mol. The molecule has 0 aliphatic rings. The second-order valence-corrected chi connectivity index (χ2v) is 5.02. The molecule has 2 rings (SSSR count). The van der Waals surface area contributed by atoms with E-state index in [-0.39, 0.29) is 0 Å². The van der Waals surface area contributed by atoms with E-state index in [1.807, 2.05) is 4.98 Å².